The highest BCUT2D eigenvalue weighted by atomic mass is 16.1. The van der Waals surface area contributed by atoms with Gasteiger partial charge in [-0.2, -0.15) is 0 Å². The quantitative estimate of drug-likeness (QED) is 0.799. The largest absolute Gasteiger partial charge is 0.399 e. The lowest BCUT2D eigenvalue weighted by atomic mass is 10.1. The molecule has 0 saturated heterocycles. The smallest absolute Gasteiger partial charge is 0.269 e. The highest BCUT2D eigenvalue weighted by Gasteiger charge is 2.04. The zero-order valence-corrected chi connectivity index (χ0v) is 9.97. The van der Waals surface area contributed by atoms with E-state index >= 15 is 0 Å². The monoisotopic (exact) mass is 241 g/mol. The number of amides is 1. The lowest BCUT2D eigenvalue weighted by molar-refractivity contribution is 0.0949. The first kappa shape index (κ1) is 12.1. The van der Waals surface area contributed by atoms with Gasteiger partial charge in [-0.1, -0.05) is 18.2 Å². The summed E-state index contributed by atoms with van der Waals surface area (Å²) >= 11 is 0. The number of rotatable bonds is 4. The molecule has 0 saturated carbocycles. The van der Waals surface area contributed by atoms with Crippen molar-refractivity contribution in [2.75, 3.05) is 12.3 Å². The summed E-state index contributed by atoms with van der Waals surface area (Å²) in [7, 11) is 0. The number of nitrogens with one attached hydrogen (secondary N) is 1. The van der Waals surface area contributed by atoms with Crippen molar-refractivity contribution in [3.63, 3.8) is 0 Å². The summed E-state index contributed by atoms with van der Waals surface area (Å²) in [4.78, 5) is 15.7. The third-order valence-electron chi connectivity index (χ3n) is 2.58. The predicted octanol–water partition coefficient (Wildman–Crippen LogP) is 1.64. The minimum absolute atomic E-state index is 0.147. The number of nitrogens with zero attached hydrogens (tertiary/aromatic N) is 1. The second-order valence-corrected chi connectivity index (χ2v) is 3.96. The van der Waals surface area contributed by atoms with Crippen LogP contribution in [0.4, 0.5) is 5.69 Å². The summed E-state index contributed by atoms with van der Waals surface area (Å²) in [5.41, 5.74) is 7.93. The number of aromatic nitrogens is 1. The highest BCUT2D eigenvalue weighted by Crippen LogP contribution is 2.05. The lowest BCUT2D eigenvalue weighted by Gasteiger charge is -2.05. The number of hydrogen-bond acceptors (Lipinski definition) is 3. The first-order valence-corrected chi connectivity index (χ1v) is 5.79. The normalized spacial score (nSPS) is 10.0. The molecule has 3 N–H and O–H groups in total. The van der Waals surface area contributed by atoms with E-state index in [0.29, 0.717) is 12.2 Å². The van der Waals surface area contributed by atoms with Crippen molar-refractivity contribution in [3.8, 4) is 0 Å². The molecule has 1 aromatic heterocycles. The van der Waals surface area contributed by atoms with Crippen LogP contribution in [0.15, 0.2) is 48.7 Å². The van der Waals surface area contributed by atoms with Crippen molar-refractivity contribution in [2.45, 2.75) is 6.42 Å². The van der Waals surface area contributed by atoms with Gasteiger partial charge >= 0.3 is 0 Å². The molecule has 2 aromatic rings. The van der Waals surface area contributed by atoms with Gasteiger partial charge in [0.15, 0.2) is 0 Å². The number of nitrogens with two attached hydrogens (primary N) is 1. The van der Waals surface area contributed by atoms with E-state index in [1.54, 1.807) is 24.4 Å². The van der Waals surface area contributed by atoms with Crippen LogP contribution >= 0.6 is 0 Å². The molecule has 0 aliphatic carbocycles. The minimum atomic E-state index is -0.147. The number of carbonyl (C=O) groups excluding carboxylic acids is 1. The fraction of sp³-hybridized carbons (Fsp3) is 0.143. The topological polar surface area (TPSA) is 68.0 Å². The van der Waals surface area contributed by atoms with Crippen LogP contribution in [0.5, 0.6) is 0 Å². The zero-order chi connectivity index (χ0) is 12.8. The summed E-state index contributed by atoms with van der Waals surface area (Å²) < 4.78 is 0. The molecule has 18 heavy (non-hydrogen) atoms. The zero-order valence-electron chi connectivity index (χ0n) is 9.97. The summed E-state index contributed by atoms with van der Waals surface area (Å²) in [6, 6.07) is 12.9. The van der Waals surface area contributed by atoms with Gasteiger partial charge in [0.25, 0.3) is 5.91 Å². The fourth-order valence-electron chi connectivity index (χ4n) is 1.59. The molecule has 4 heteroatoms. The Morgan fingerprint density at radius 1 is 1.17 bits per heavy atom. The average molecular weight is 241 g/mol. The standard InChI is InChI=1S/C14H15N3O/c15-12-6-4-11(5-7-12)8-10-17-14(18)13-3-1-2-9-16-13/h1-7,9H,8,10,15H2,(H,17,18). The summed E-state index contributed by atoms with van der Waals surface area (Å²) in [5, 5.41) is 2.83. The number of pyridine rings is 1. The van der Waals surface area contributed by atoms with E-state index in [9.17, 15) is 4.79 Å². The van der Waals surface area contributed by atoms with Gasteiger partial charge in [-0.05, 0) is 36.2 Å². The van der Waals surface area contributed by atoms with E-state index in [-0.39, 0.29) is 5.91 Å². The molecular formula is C14H15N3O. The van der Waals surface area contributed by atoms with Crippen molar-refractivity contribution >= 4 is 11.6 Å². The van der Waals surface area contributed by atoms with Gasteiger partial charge < -0.3 is 11.1 Å². The second-order valence-electron chi connectivity index (χ2n) is 3.96. The highest BCUT2D eigenvalue weighted by molar-refractivity contribution is 5.92. The Bertz CT molecular complexity index is 508. The molecule has 2 rings (SSSR count). The maximum Gasteiger partial charge on any atom is 0.269 e. The van der Waals surface area contributed by atoms with Gasteiger partial charge in [-0.15, -0.1) is 0 Å². The van der Waals surface area contributed by atoms with Crippen LogP contribution < -0.4 is 11.1 Å². The van der Waals surface area contributed by atoms with Crippen LogP contribution in [0.3, 0.4) is 0 Å². The molecule has 1 aromatic carbocycles. The van der Waals surface area contributed by atoms with Gasteiger partial charge in [0.1, 0.15) is 5.69 Å². The molecule has 1 heterocycles. The van der Waals surface area contributed by atoms with Crippen LogP contribution in [-0.4, -0.2) is 17.4 Å². The van der Waals surface area contributed by atoms with Gasteiger partial charge in [0, 0.05) is 18.4 Å². The van der Waals surface area contributed by atoms with E-state index in [1.165, 1.54) is 0 Å². The molecule has 0 bridgehead atoms. The van der Waals surface area contributed by atoms with Crippen molar-refractivity contribution in [3.05, 3.63) is 59.9 Å². The molecule has 0 aliphatic heterocycles. The van der Waals surface area contributed by atoms with Gasteiger partial charge in [0.05, 0.1) is 0 Å². The van der Waals surface area contributed by atoms with Crippen molar-refractivity contribution < 1.29 is 4.79 Å². The molecular weight excluding hydrogens is 226 g/mol. The fourth-order valence-corrected chi connectivity index (χ4v) is 1.59. The molecule has 92 valence electrons. The van der Waals surface area contributed by atoms with Gasteiger partial charge in [0.2, 0.25) is 0 Å². The molecule has 0 unspecified atom stereocenters. The molecule has 0 radical (unpaired) electrons. The van der Waals surface area contributed by atoms with Crippen LogP contribution in [-0.2, 0) is 6.42 Å². The molecule has 0 spiro atoms. The van der Waals surface area contributed by atoms with Crippen molar-refractivity contribution in [1.82, 2.24) is 10.3 Å². The van der Waals surface area contributed by atoms with Crippen LogP contribution in [0.2, 0.25) is 0 Å². The van der Waals surface area contributed by atoms with E-state index < -0.39 is 0 Å². The molecule has 4 nitrogen and oxygen atoms in total. The van der Waals surface area contributed by atoms with E-state index in [0.717, 1.165) is 17.7 Å². The maximum atomic E-state index is 11.7. The summed E-state index contributed by atoms with van der Waals surface area (Å²) in [6.45, 7) is 0.583. The van der Waals surface area contributed by atoms with E-state index in [2.05, 4.69) is 10.3 Å². The first-order chi connectivity index (χ1) is 8.75. The predicted molar refractivity (Wildman–Crippen MR) is 71.1 cm³/mol. The number of benzene rings is 1. The Morgan fingerprint density at radius 3 is 2.61 bits per heavy atom. The Hall–Kier alpha value is -2.36. The first-order valence-electron chi connectivity index (χ1n) is 5.79. The van der Waals surface area contributed by atoms with E-state index in [1.807, 2.05) is 24.3 Å². The van der Waals surface area contributed by atoms with Crippen molar-refractivity contribution in [2.24, 2.45) is 0 Å². The second kappa shape index (κ2) is 5.82. The average Bonchev–Trinajstić information content (AvgIpc) is 2.42. The summed E-state index contributed by atoms with van der Waals surface area (Å²) in [6.07, 6.45) is 2.38. The number of anilines is 1. The maximum absolute atomic E-state index is 11.7. The van der Waals surface area contributed by atoms with Gasteiger partial charge in [-0.3, -0.25) is 9.78 Å². The molecule has 1 amide bonds. The molecule has 0 aliphatic rings. The van der Waals surface area contributed by atoms with Gasteiger partial charge in [-0.25, -0.2) is 0 Å². The van der Waals surface area contributed by atoms with Crippen LogP contribution in [0.1, 0.15) is 16.1 Å². The number of hydrogen-bond donors (Lipinski definition) is 2. The molecule has 0 atom stereocenters. The van der Waals surface area contributed by atoms with E-state index in [4.69, 9.17) is 5.73 Å². The molecule has 0 fully saturated rings. The Kier molecular flexibility index (Phi) is 3.91. The van der Waals surface area contributed by atoms with Crippen molar-refractivity contribution in [1.29, 1.82) is 0 Å². The third-order valence-corrected chi connectivity index (χ3v) is 2.58. The Labute approximate surface area is 106 Å². The summed E-state index contributed by atoms with van der Waals surface area (Å²) in [5.74, 6) is -0.147. The number of carbonyl (C=O) groups is 1. The Morgan fingerprint density at radius 2 is 1.94 bits per heavy atom. The SMILES string of the molecule is Nc1ccc(CCNC(=O)c2ccccn2)cc1. The Balaban J connectivity index is 1.82. The number of nitrogen functional groups attached to an aromatic ring is 1. The van der Waals surface area contributed by atoms with Crippen LogP contribution in [0.25, 0.3) is 0 Å². The lowest BCUT2D eigenvalue weighted by Crippen LogP contribution is -2.26. The third kappa shape index (κ3) is 3.31. The van der Waals surface area contributed by atoms with Crippen LogP contribution in [0, 0.1) is 0 Å². The minimum Gasteiger partial charge on any atom is -0.399 e.